The highest BCUT2D eigenvalue weighted by Crippen LogP contribution is 2.57. The summed E-state index contributed by atoms with van der Waals surface area (Å²) in [4.78, 5) is 2.44. The van der Waals surface area contributed by atoms with Crippen molar-refractivity contribution in [3.63, 3.8) is 0 Å². The number of anilines is 3. The maximum Gasteiger partial charge on any atom is 0.0546 e. The Labute approximate surface area is 262 Å². The predicted molar refractivity (Wildman–Crippen MR) is 190 cm³/mol. The second-order valence-corrected chi connectivity index (χ2v) is 12.1. The molecule has 0 atom stereocenters. The summed E-state index contributed by atoms with van der Waals surface area (Å²) in [6, 6.07) is 60.4. The van der Waals surface area contributed by atoms with Gasteiger partial charge in [0.1, 0.15) is 0 Å². The molecule has 0 aromatic heterocycles. The highest BCUT2D eigenvalue weighted by atomic mass is 15.1. The Kier molecular flexibility index (Phi) is 5.06. The van der Waals surface area contributed by atoms with Gasteiger partial charge in [0.05, 0.1) is 5.69 Å². The van der Waals surface area contributed by atoms with Gasteiger partial charge in [0.15, 0.2) is 0 Å². The van der Waals surface area contributed by atoms with Crippen molar-refractivity contribution in [2.24, 2.45) is 0 Å². The molecule has 1 heteroatoms. The molecule has 0 unspecified atom stereocenters. The molecule has 0 N–H and O–H groups in total. The van der Waals surface area contributed by atoms with Crippen molar-refractivity contribution >= 4 is 38.6 Å². The SMILES string of the molecule is c1ccc(N(c2ccc3c(c2)-c2c4cccc2-c2cccc-3c2-c2ccccc2-4)c2cc3ccccc3c3ccccc23)cc1. The number of hydrogen-bond donors (Lipinski definition) is 0. The summed E-state index contributed by atoms with van der Waals surface area (Å²) < 4.78 is 0. The lowest BCUT2D eigenvalue weighted by Gasteiger charge is -2.29. The number of benzene rings is 8. The zero-order valence-electron chi connectivity index (χ0n) is 24.5. The minimum atomic E-state index is 1.14. The van der Waals surface area contributed by atoms with E-state index in [1.807, 2.05) is 0 Å². The van der Waals surface area contributed by atoms with Gasteiger partial charge in [-0.1, -0.05) is 133 Å². The fourth-order valence-electron chi connectivity index (χ4n) is 7.86. The monoisotopic (exact) mass is 569 g/mol. The molecule has 0 radical (unpaired) electrons. The molecule has 1 nitrogen and oxygen atoms in total. The molecule has 0 amide bonds. The Bertz CT molecular complexity index is 2470. The fraction of sp³-hybridized carbons (Fsp3) is 0. The highest BCUT2D eigenvalue weighted by Gasteiger charge is 2.31. The van der Waals surface area contributed by atoms with Crippen LogP contribution in [0.2, 0.25) is 0 Å². The van der Waals surface area contributed by atoms with Crippen molar-refractivity contribution in [3.8, 4) is 55.6 Å². The summed E-state index contributed by atoms with van der Waals surface area (Å²) in [6.07, 6.45) is 0. The van der Waals surface area contributed by atoms with Crippen LogP contribution in [0.15, 0.2) is 164 Å². The summed E-state index contributed by atoms with van der Waals surface area (Å²) >= 11 is 0. The maximum absolute atomic E-state index is 2.44. The van der Waals surface area contributed by atoms with E-state index in [-0.39, 0.29) is 0 Å². The molecular formula is C44H27N. The Morgan fingerprint density at radius 2 is 0.822 bits per heavy atom. The predicted octanol–water partition coefficient (Wildman–Crippen LogP) is 12.4. The molecule has 2 aliphatic carbocycles. The minimum Gasteiger partial charge on any atom is -0.310 e. The van der Waals surface area contributed by atoms with Crippen LogP contribution >= 0.6 is 0 Å². The first kappa shape index (κ1) is 24.5. The zero-order chi connectivity index (χ0) is 29.5. The smallest absolute Gasteiger partial charge is 0.0546 e. The van der Waals surface area contributed by atoms with Crippen LogP contribution in [0, 0.1) is 0 Å². The zero-order valence-corrected chi connectivity index (χ0v) is 24.5. The van der Waals surface area contributed by atoms with Gasteiger partial charge in [-0.25, -0.2) is 0 Å². The van der Waals surface area contributed by atoms with Gasteiger partial charge in [0, 0.05) is 16.8 Å². The molecule has 0 aliphatic heterocycles. The van der Waals surface area contributed by atoms with Crippen molar-refractivity contribution in [1.82, 2.24) is 0 Å². The third kappa shape index (κ3) is 3.44. The number of hydrogen-bond acceptors (Lipinski definition) is 1. The third-order valence-electron chi connectivity index (χ3n) is 9.73. The van der Waals surface area contributed by atoms with Crippen LogP contribution in [-0.4, -0.2) is 0 Å². The molecule has 6 bridgehead atoms. The van der Waals surface area contributed by atoms with Crippen LogP contribution < -0.4 is 4.90 Å². The average Bonchev–Trinajstić information content (AvgIpc) is 3.21. The fourth-order valence-corrected chi connectivity index (χ4v) is 7.86. The molecule has 0 saturated carbocycles. The van der Waals surface area contributed by atoms with E-state index in [1.54, 1.807) is 0 Å². The normalized spacial score (nSPS) is 12.0. The molecule has 0 saturated heterocycles. The summed E-state index contributed by atoms with van der Waals surface area (Å²) in [6.45, 7) is 0. The number of nitrogens with zero attached hydrogens (tertiary/aromatic N) is 1. The number of para-hydroxylation sites is 1. The van der Waals surface area contributed by atoms with Crippen molar-refractivity contribution < 1.29 is 0 Å². The van der Waals surface area contributed by atoms with Crippen molar-refractivity contribution in [2.75, 3.05) is 4.90 Å². The summed E-state index contributed by atoms with van der Waals surface area (Å²) in [5.41, 5.74) is 16.5. The Balaban J connectivity index is 1.30. The van der Waals surface area contributed by atoms with Crippen LogP contribution in [-0.2, 0) is 0 Å². The van der Waals surface area contributed by atoms with Gasteiger partial charge in [0.25, 0.3) is 0 Å². The lowest BCUT2D eigenvalue weighted by atomic mass is 9.83. The van der Waals surface area contributed by atoms with Gasteiger partial charge < -0.3 is 4.90 Å². The largest absolute Gasteiger partial charge is 0.310 e. The molecule has 208 valence electrons. The molecule has 0 spiro atoms. The van der Waals surface area contributed by atoms with Gasteiger partial charge in [0.2, 0.25) is 0 Å². The summed E-state index contributed by atoms with van der Waals surface area (Å²) in [5.74, 6) is 0. The topological polar surface area (TPSA) is 3.24 Å². The van der Waals surface area contributed by atoms with Crippen LogP contribution in [0.5, 0.6) is 0 Å². The first-order valence-electron chi connectivity index (χ1n) is 15.6. The van der Waals surface area contributed by atoms with Gasteiger partial charge in [-0.3, -0.25) is 0 Å². The molecule has 10 rings (SSSR count). The van der Waals surface area contributed by atoms with Crippen LogP contribution in [0.3, 0.4) is 0 Å². The average molecular weight is 570 g/mol. The van der Waals surface area contributed by atoms with Gasteiger partial charge in [-0.15, -0.1) is 0 Å². The third-order valence-corrected chi connectivity index (χ3v) is 9.73. The minimum absolute atomic E-state index is 1.14. The Morgan fingerprint density at radius 3 is 1.58 bits per heavy atom. The Hall–Kier alpha value is -5.92. The second kappa shape index (κ2) is 9.29. The number of fused-ring (bicyclic) bond motifs is 7. The molecule has 0 fully saturated rings. The van der Waals surface area contributed by atoms with Gasteiger partial charge in [-0.05, 0) is 102 Å². The van der Waals surface area contributed by atoms with Crippen molar-refractivity contribution in [3.05, 3.63) is 164 Å². The van der Waals surface area contributed by atoms with Crippen LogP contribution in [0.1, 0.15) is 0 Å². The molecule has 0 heterocycles. The number of rotatable bonds is 3. The van der Waals surface area contributed by atoms with Crippen LogP contribution in [0.25, 0.3) is 77.2 Å². The highest BCUT2D eigenvalue weighted by molar-refractivity contribution is 6.17. The summed E-state index contributed by atoms with van der Waals surface area (Å²) in [7, 11) is 0. The lowest BCUT2D eigenvalue weighted by molar-refractivity contribution is 1.30. The van der Waals surface area contributed by atoms with E-state index < -0.39 is 0 Å². The molecule has 45 heavy (non-hydrogen) atoms. The maximum atomic E-state index is 2.44. The molecule has 8 aromatic carbocycles. The quantitative estimate of drug-likeness (QED) is 0.191. The lowest BCUT2D eigenvalue weighted by Crippen LogP contribution is -2.11. The molecular weight excluding hydrogens is 542 g/mol. The van der Waals surface area contributed by atoms with E-state index in [2.05, 4.69) is 169 Å². The summed E-state index contributed by atoms with van der Waals surface area (Å²) in [5, 5.41) is 5.01. The van der Waals surface area contributed by atoms with Crippen molar-refractivity contribution in [1.29, 1.82) is 0 Å². The van der Waals surface area contributed by atoms with E-state index in [0.717, 1.165) is 11.4 Å². The van der Waals surface area contributed by atoms with Gasteiger partial charge >= 0.3 is 0 Å². The standard InChI is InChI=1S/C44H27N/c1-2-13-29(14-3-1)45(42-26-28-12-4-5-15-31(28)32-16-6-8-18-35(32)42)30-24-25-34-38-21-11-22-39-40-23-10-20-37(44(40)41(34)27-30)33-17-7-9-19-36(33)43(38)39/h1-27H. The first-order valence-corrected chi connectivity index (χ1v) is 15.6. The Morgan fingerprint density at radius 1 is 0.289 bits per heavy atom. The molecule has 2 aliphatic rings. The van der Waals surface area contributed by atoms with Crippen LogP contribution in [0.4, 0.5) is 17.1 Å². The van der Waals surface area contributed by atoms with E-state index >= 15 is 0 Å². The van der Waals surface area contributed by atoms with E-state index in [0.29, 0.717) is 0 Å². The van der Waals surface area contributed by atoms with E-state index in [1.165, 1.54) is 82.9 Å². The first-order chi connectivity index (χ1) is 22.3. The van der Waals surface area contributed by atoms with Gasteiger partial charge in [-0.2, -0.15) is 0 Å². The van der Waals surface area contributed by atoms with Crippen molar-refractivity contribution in [2.45, 2.75) is 0 Å². The van der Waals surface area contributed by atoms with E-state index in [9.17, 15) is 0 Å². The molecule has 8 aromatic rings. The van der Waals surface area contributed by atoms with E-state index in [4.69, 9.17) is 0 Å². The second-order valence-electron chi connectivity index (χ2n) is 12.1.